The first-order valence-corrected chi connectivity index (χ1v) is 5.42. The Bertz CT molecular complexity index is 367. The second-order valence-electron chi connectivity index (χ2n) is 3.97. The van der Waals surface area contributed by atoms with Gasteiger partial charge in [-0.2, -0.15) is 0 Å². The van der Waals surface area contributed by atoms with E-state index in [2.05, 4.69) is 0 Å². The average molecular weight is 220 g/mol. The highest BCUT2D eigenvalue weighted by Gasteiger charge is 2.30. The Labute approximate surface area is 95.0 Å². The zero-order valence-electron chi connectivity index (χ0n) is 9.35. The van der Waals surface area contributed by atoms with Crippen molar-refractivity contribution in [3.63, 3.8) is 0 Å². The first-order valence-electron chi connectivity index (χ1n) is 5.42. The van der Waals surface area contributed by atoms with Crippen molar-refractivity contribution in [2.45, 2.75) is 12.5 Å². The van der Waals surface area contributed by atoms with E-state index in [-0.39, 0.29) is 12.0 Å². The van der Waals surface area contributed by atoms with E-state index in [1.54, 1.807) is 11.9 Å². The number of nitrogens with zero attached hydrogens (tertiary/aromatic N) is 1. The van der Waals surface area contributed by atoms with Gasteiger partial charge in [0, 0.05) is 26.6 Å². The fourth-order valence-corrected chi connectivity index (χ4v) is 1.87. The lowest BCUT2D eigenvalue weighted by molar-refractivity contribution is -0.136. The van der Waals surface area contributed by atoms with Crippen LogP contribution in [0.1, 0.15) is 5.56 Å². The van der Waals surface area contributed by atoms with Gasteiger partial charge in [-0.25, -0.2) is 0 Å². The molecule has 16 heavy (non-hydrogen) atoms. The molecule has 86 valence electrons. The van der Waals surface area contributed by atoms with Gasteiger partial charge in [0.15, 0.2) is 6.10 Å². The summed E-state index contributed by atoms with van der Waals surface area (Å²) in [6.45, 7) is 1.04. The van der Waals surface area contributed by atoms with Crippen LogP contribution in [-0.4, -0.2) is 37.0 Å². The first kappa shape index (κ1) is 11.0. The van der Waals surface area contributed by atoms with Crippen LogP contribution >= 0.6 is 0 Å². The molecule has 1 amide bonds. The van der Waals surface area contributed by atoms with Gasteiger partial charge >= 0.3 is 0 Å². The molecule has 0 aliphatic carbocycles. The van der Waals surface area contributed by atoms with E-state index in [4.69, 9.17) is 10.5 Å². The summed E-state index contributed by atoms with van der Waals surface area (Å²) in [5.41, 5.74) is 6.51. The van der Waals surface area contributed by atoms with Crippen LogP contribution in [-0.2, 0) is 11.2 Å². The summed E-state index contributed by atoms with van der Waals surface area (Å²) >= 11 is 0. The van der Waals surface area contributed by atoms with Crippen LogP contribution < -0.4 is 10.5 Å². The normalized spacial score (nSPS) is 17.8. The number of rotatable bonds is 3. The minimum atomic E-state index is -0.381. The third-order valence-corrected chi connectivity index (χ3v) is 2.76. The van der Waals surface area contributed by atoms with Gasteiger partial charge in [0.1, 0.15) is 5.75 Å². The standard InChI is InChI=1S/C12H16N2O2/c1-14(7-6-13)12(15)11-8-9-4-2-3-5-10(9)16-11/h2-5,11H,6-8,13H2,1H3. The van der Waals surface area contributed by atoms with Crippen molar-refractivity contribution in [3.8, 4) is 5.75 Å². The molecule has 0 bridgehead atoms. The van der Waals surface area contributed by atoms with Crippen molar-refractivity contribution in [2.24, 2.45) is 5.73 Å². The number of ether oxygens (including phenoxy) is 1. The minimum absolute atomic E-state index is 0.00153. The summed E-state index contributed by atoms with van der Waals surface area (Å²) in [6, 6.07) is 7.75. The molecule has 1 aromatic rings. The summed E-state index contributed by atoms with van der Waals surface area (Å²) in [4.78, 5) is 13.6. The second-order valence-corrected chi connectivity index (χ2v) is 3.97. The molecule has 4 heteroatoms. The smallest absolute Gasteiger partial charge is 0.263 e. The van der Waals surface area contributed by atoms with Crippen LogP contribution in [0, 0.1) is 0 Å². The predicted molar refractivity (Wildman–Crippen MR) is 61.3 cm³/mol. The zero-order chi connectivity index (χ0) is 11.5. The molecule has 1 aromatic carbocycles. The molecule has 0 saturated heterocycles. The molecule has 4 nitrogen and oxygen atoms in total. The van der Waals surface area contributed by atoms with Gasteiger partial charge in [-0.15, -0.1) is 0 Å². The van der Waals surface area contributed by atoms with E-state index in [0.29, 0.717) is 19.5 Å². The fourth-order valence-electron chi connectivity index (χ4n) is 1.87. The lowest BCUT2D eigenvalue weighted by Crippen LogP contribution is -2.41. The average Bonchev–Trinajstić information content (AvgIpc) is 2.71. The fraction of sp³-hybridized carbons (Fsp3) is 0.417. The Hall–Kier alpha value is -1.55. The van der Waals surface area contributed by atoms with Gasteiger partial charge in [-0.05, 0) is 11.6 Å². The second kappa shape index (κ2) is 4.53. The number of likely N-dealkylation sites (N-methyl/N-ethyl adjacent to an activating group) is 1. The van der Waals surface area contributed by atoms with Crippen molar-refractivity contribution in [3.05, 3.63) is 29.8 Å². The summed E-state index contributed by atoms with van der Waals surface area (Å²) in [6.07, 6.45) is 0.276. The Balaban J connectivity index is 2.03. The summed E-state index contributed by atoms with van der Waals surface area (Å²) in [7, 11) is 1.75. The number of carbonyl (C=O) groups is 1. The number of amides is 1. The largest absolute Gasteiger partial charge is 0.480 e. The number of carbonyl (C=O) groups excluding carboxylic acids is 1. The summed E-state index contributed by atoms with van der Waals surface area (Å²) < 4.78 is 5.60. The molecule has 0 spiro atoms. The van der Waals surface area contributed by atoms with Crippen molar-refractivity contribution in [1.82, 2.24) is 4.90 Å². The lowest BCUT2D eigenvalue weighted by atomic mass is 10.1. The number of benzene rings is 1. The third kappa shape index (κ3) is 2.02. The molecule has 2 rings (SSSR count). The maximum atomic E-state index is 11.9. The van der Waals surface area contributed by atoms with Crippen LogP contribution in [0.25, 0.3) is 0 Å². The monoisotopic (exact) mass is 220 g/mol. The molecule has 1 unspecified atom stereocenters. The van der Waals surface area contributed by atoms with Gasteiger partial charge in [0.2, 0.25) is 0 Å². The Morgan fingerprint density at radius 3 is 3.00 bits per heavy atom. The molecule has 1 aliphatic heterocycles. The maximum absolute atomic E-state index is 11.9. The Morgan fingerprint density at radius 2 is 2.31 bits per heavy atom. The van der Waals surface area contributed by atoms with E-state index >= 15 is 0 Å². The van der Waals surface area contributed by atoms with E-state index in [0.717, 1.165) is 11.3 Å². The SMILES string of the molecule is CN(CCN)C(=O)C1Cc2ccccc2O1. The topological polar surface area (TPSA) is 55.6 Å². The molecule has 1 atom stereocenters. The molecular formula is C12H16N2O2. The number of nitrogens with two attached hydrogens (primary N) is 1. The predicted octanol–water partition coefficient (Wildman–Crippen LogP) is 0.407. The van der Waals surface area contributed by atoms with Gasteiger partial charge in [0.05, 0.1) is 0 Å². The van der Waals surface area contributed by atoms with Crippen molar-refractivity contribution in [1.29, 1.82) is 0 Å². The lowest BCUT2D eigenvalue weighted by Gasteiger charge is -2.19. The summed E-state index contributed by atoms with van der Waals surface area (Å²) in [5.74, 6) is 0.823. The number of fused-ring (bicyclic) bond motifs is 1. The molecule has 0 fully saturated rings. The molecular weight excluding hydrogens is 204 g/mol. The highest BCUT2D eigenvalue weighted by atomic mass is 16.5. The molecule has 0 aromatic heterocycles. The maximum Gasteiger partial charge on any atom is 0.263 e. The zero-order valence-corrected chi connectivity index (χ0v) is 9.35. The number of hydrogen-bond donors (Lipinski definition) is 1. The summed E-state index contributed by atoms with van der Waals surface area (Å²) in [5, 5.41) is 0. The number of hydrogen-bond acceptors (Lipinski definition) is 3. The minimum Gasteiger partial charge on any atom is -0.480 e. The third-order valence-electron chi connectivity index (χ3n) is 2.76. The highest BCUT2D eigenvalue weighted by molar-refractivity contribution is 5.82. The quantitative estimate of drug-likeness (QED) is 0.802. The van der Waals surface area contributed by atoms with Crippen LogP contribution in [0.5, 0.6) is 5.75 Å². The highest BCUT2D eigenvalue weighted by Crippen LogP contribution is 2.28. The Kier molecular flexibility index (Phi) is 3.10. The van der Waals surface area contributed by atoms with Gasteiger partial charge in [-0.3, -0.25) is 4.79 Å². The first-order chi connectivity index (χ1) is 7.72. The van der Waals surface area contributed by atoms with Crippen molar-refractivity contribution < 1.29 is 9.53 Å². The van der Waals surface area contributed by atoms with Crippen LogP contribution in [0.15, 0.2) is 24.3 Å². The molecule has 0 saturated carbocycles. The Morgan fingerprint density at radius 1 is 1.56 bits per heavy atom. The van der Waals surface area contributed by atoms with Crippen LogP contribution in [0.3, 0.4) is 0 Å². The van der Waals surface area contributed by atoms with Crippen molar-refractivity contribution in [2.75, 3.05) is 20.1 Å². The molecule has 1 aliphatic rings. The van der Waals surface area contributed by atoms with Gasteiger partial charge in [0.25, 0.3) is 5.91 Å². The van der Waals surface area contributed by atoms with Gasteiger partial charge < -0.3 is 15.4 Å². The van der Waals surface area contributed by atoms with Crippen LogP contribution in [0.4, 0.5) is 0 Å². The van der Waals surface area contributed by atoms with E-state index < -0.39 is 0 Å². The molecule has 0 radical (unpaired) electrons. The van der Waals surface area contributed by atoms with E-state index in [1.165, 1.54) is 0 Å². The molecule has 1 heterocycles. The van der Waals surface area contributed by atoms with E-state index in [9.17, 15) is 4.79 Å². The van der Waals surface area contributed by atoms with Crippen molar-refractivity contribution >= 4 is 5.91 Å². The van der Waals surface area contributed by atoms with Crippen LogP contribution in [0.2, 0.25) is 0 Å². The van der Waals surface area contributed by atoms with Gasteiger partial charge in [-0.1, -0.05) is 18.2 Å². The molecule has 2 N–H and O–H groups in total. The van der Waals surface area contributed by atoms with E-state index in [1.807, 2.05) is 24.3 Å². The number of para-hydroxylation sites is 1.